The van der Waals surface area contributed by atoms with Gasteiger partial charge in [0.1, 0.15) is 0 Å². The summed E-state index contributed by atoms with van der Waals surface area (Å²) in [6.07, 6.45) is 7.23. The van der Waals surface area contributed by atoms with Gasteiger partial charge in [-0.15, -0.1) is 0 Å². The molecule has 4 heteroatoms. The van der Waals surface area contributed by atoms with Crippen LogP contribution in [-0.2, 0) is 6.42 Å². The predicted octanol–water partition coefficient (Wildman–Crippen LogP) is 4.43. The summed E-state index contributed by atoms with van der Waals surface area (Å²) in [4.78, 5) is 12.8. The molecule has 0 atom stereocenters. The smallest absolute Gasteiger partial charge is 0.269 e. The van der Waals surface area contributed by atoms with Crippen LogP contribution in [-0.4, -0.2) is 29.5 Å². The third-order valence-corrected chi connectivity index (χ3v) is 3.86. The van der Waals surface area contributed by atoms with Gasteiger partial charge in [0.25, 0.3) is 5.69 Å². The number of benzene rings is 1. The Balaban J connectivity index is 2.21. The second kappa shape index (κ2) is 10.3. The van der Waals surface area contributed by atoms with Crippen molar-refractivity contribution in [2.75, 3.05) is 19.6 Å². The summed E-state index contributed by atoms with van der Waals surface area (Å²) in [6, 6.07) is 6.94. The van der Waals surface area contributed by atoms with Gasteiger partial charge in [-0.2, -0.15) is 0 Å². The van der Waals surface area contributed by atoms with Crippen LogP contribution in [0.5, 0.6) is 0 Å². The van der Waals surface area contributed by atoms with Gasteiger partial charge >= 0.3 is 0 Å². The minimum Gasteiger partial charge on any atom is -0.304 e. The molecule has 118 valence electrons. The van der Waals surface area contributed by atoms with Crippen molar-refractivity contribution in [1.82, 2.24) is 4.90 Å². The molecule has 0 aromatic heterocycles. The maximum absolute atomic E-state index is 10.6. The Kier molecular flexibility index (Phi) is 8.67. The summed E-state index contributed by atoms with van der Waals surface area (Å²) in [5.41, 5.74) is 1.36. The normalized spacial score (nSPS) is 11.0. The fraction of sp³-hybridized carbons (Fsp3) is 0.647. The van der Waals surface area contributed by atoms with Crippen molar-refractivity contribution in [1.29, 1.82) is 0 Å². The molecule has 4 nitrogen and oxygen atoms in total. The fourth-order valence-electron chi connectivity index (χ4n) is 2.46. The number of non-ortho nitro benzene ring substituents is 1. The van der Waals surface area contributed by atoms with Gasteiger partial charge in [0.15, 0.2) is 0 Å². The molecule has 0 aliphatic heterocycles. The first-order valence-corrected chi connectivity index (χ1v) is 8.13. The first-order valence-electron chi connectivity index (χ1n) is 8.13. The number of nitro groups is 1. The molecule has 0 radical (unpaired) electrons. The van der Waals surface area contributed by atoms with Crippen LogP contribution < -0.4 is 0 Å². The lowest BCUT2D eigenvalue weighted by molar-refractivity contribution is -0.384. The summed E-state index contributed by atoms with van der Waals surface area (Å²) >= 11 is 0. The van der Waals surface area contributed by atoms with E-state index in [0.717, 1.165) is 25.9 Å². The van der Waals surface area contributed by atoms with Gasteiger partial charge in [-0.05, 0) is 50.9 Å². The lowest BCUT2D eigenvalue weighted by atomic mass is 10.1. The number of hydrogen-bond acceptors (Lipinski definition) is 3. The molecular formula is C17H28N2O2. The third-order valence-electron chi connectivity index (χ3n) is 3.86. The van der Waals surface area contributed by atoms with E-state index < -0.39 is 0 Å². The summed E-state index contributed by atoms with van der Waals surface area (Å²) in [6.45, 7) is 7.96. The Morgan fingerprint density at radius 1 is 1.00 bits per heavy atom. The quantitative estimate of drug-likeness (QED) is 0.344. The van der Waals surface area contributed by atoms with E-state index in [-0.39, 0.29) is 10.6 Å². The van der Waals surface area contributed by atoms with Crippen molar-refractivity contribution >= 4 is 5.69 Å². The lowest BCUT2D eigenvalue weighted by Crippen LogP contribution is -2.25. The van der Waals surface area contributed by atoms with E-state index in [4.69, 9.17) is 0 Å². The number of nitrogens with zero attached hydrogens (tertiary/aromatic N) is 2. The van der Waals surface area contributed by atoms with Gasteiger partial charge in [-0.3, -0.25) is 10.1 Å². The average Bonchev–Trinajstić information content (AvgIpc) is 2.50. The molecule has 0 N–H and O–H groups in total. The van der Waals surface area contributed by atoms with E-state index in [1.807, 2.05) is 12.1 Å². The molecule has 1 aromatic carbocycles. The Labute approximate surface area is 128 Å². The van der Waals surface area contributed by atoms with Gasteiger partial charge in [0.2, 0.25) is 0 Å². The van der Waals surface area contributed by atoms with Gasteiger partial charge in [0, 0.05) is 12.1 Å². The summed E-state index contributed by atoms with van der Waals surface area (Å²) in [7, 11) is 0. The zero-order valence-corrected chi connectivity index (χ0v) is 13.4. The van der Waals surface area contributed by atoms with E-state index in [0.29, 0.717) is 0 Å². The third kappa shape index (κ3) is 7.23. The maximum atomic E-state index is 10.6. The summed E-state index contributed by atoms with van der Waals surface area (Å²) < 4.78 is 0. The minimum absolute atomic E-state index is 0.173. The van der Waals surface area contributed by atoms with Gasteiger partial charge in [-0.25, -0.2) is 0 Å². The molecule has 21 heavy (non-hydrogen) atoms. The maximum Gasteiger partial charge on any atom is 0.269 e. The highest BCUT2D eigenvalue weighted by Gasteiger charge is 2.04. The Morgan fingerprint density at radius 2 is 1.62 bits per heavy atom. The largest absolute Gasteiger partial charge is 0.304 e. The SMILES string of the molecule is CCCCCN(CC)CCCCc1ccc([N+](=O)[O-])cc1. The molecule has 0 aliphatic carbocycles. The van der Waals surface area contributed by atoms with E-state index in [1.165, 1.54) is 37.8 Å². The predicted molar refractivity (Wildman–Crippen MR) is 87.7 cm³/mol. The highest BCUT2D eigenvalue weighted by Crippen LogP contribution is 2.13. The van der Waals surface area contributed by atoms with E-state index in [1.54, 1.807) is 12.1 Å². The molecule has 0 unspecified atom stereocenters. The van der Waals surface area contributed by atoms with Gasteiger partial charge < -0.3 is 4.90 Å². The van der Waals surface area contributed by atoms with E-state index in [2.05, 4.69) is 18.7 Å². The molecule has 0 amide bonds. The second-order valence-corrected chi connectivity index (χ2v) is 5.52. The van der Waals surface area contributed by atoms with Crippen molar-refractivity contribution in [2.24, 2.45) is 0 Å². The van der Waals surface area contributed by atoms with Crippen LogP contribution in [0.15, 0.2) is 24.3 Å². The van der Waals surface area contributed by atoms with Crippen LogP contribution in [0.3, 0.4) is 0 Å². The molecule has 0 aliphatic rings. The highest BCUT2D eigenvalue weighted by molar-refractivity contribution is 5.32. The van der Waals surface area contributed by atoms with Crippen LogP contribution in [0.1, 0.15) is 51.5 Å². The van der Waals surface area contributed by atoms with Crippen LogP contribution in [0.4, 0.5) is 5.69 Å². The molecule has 0 heterocycles. The fourth-order valence-corrected chi connectivity index (χ4v) is 2.46. The Hall–Kier alpha value is -1.42. The van der Waals surface area contributed by atoms with E-state index in [9.17, 15) is 10.1 Å². The first kappa shape index (κ1) is 17.6. The van der Waals surface area contributed by atoms with Crippen LogP contribution in [0, 0.1) is 10.1 Å². The number of nitro benzene ring substituents is 1. The molecule has 0 bridgehead atoms. The van der Waals surface area contributed by atoms with Crippen LogP contribution in [0.2, 0.25) is 0 Å². The molecule has 1 aromatic rings. The van der Waals surface area contributed by atoms with Crippen LogP contribution >= 0.6 is 0 Å². The lowest BCUT2D eigenvalue weighted by Gasteiger charge is -2.20. The van der Waals surface area contributed by atoms with E-state index >= 15 is 0 Å². The summed E-state index contributed by atoms with van der Waals surface area (Å²) in [5, 5.41) is 10.6. The number of hydrogen-bond donors (Lipinski definition) is 0. The van der Waals surface area contributed by atoms with Crippen LogP contribution in [0.25, 0.3) is 0 Å². The van der Waals surface area contributed by atoms with Crippen molar-refractivity contribution in [2.45, 2.75) is 52.4 Å². The topological polar surface area (TPSA) is 46.4 Å². The van der Waals surface area contributed by atoms with Crippen molar-refractivity contribution in [3.63, 3.8) is 0 Å². The number of aryl methyl sites for hydroxylation is 1. The zero-order valence-electron chi connectivity index (χ0n) is 13.4. The molecule has 0 spiro atoms. The van der Waals surface area contributed by atoms with Crippen molar-refractivity contribution < 1.29 is 4.92 Å². The minimum atomic E-state index is -0.348. The average molecular weight is 292 g/mol. The zero-order chi connectivity index (χ0) is 15.5. The first-order chi connectivity index (χ1) is 10.2. The highest BCUT2D eigenvalue weighted by atomic mass is 16.6. The molecule has 0 fully saturated rings. The summed E-state index contributed by atoms with van der Waals surface area (Å²) in [5.74, 6) is 0. The van der Waals surface area contributed by atoms with Gasteiger partial charge in [-0.1, -0.05) is 38.8 Å². The molecule has 0 saturated heterocycles. The molecule has 1 rings (SSSR count). The monoisotopic (exact) mass is 292 g/mol. The van der Waals surface area contributed by atoms with Crippen molar-refractivity contribution in [3.05, 3.63) is 39.9 Å². The van der Waals surface area contributed by atoms with Crippen molar-refractivity contribution in [3.8, 4) is 0 Å². The Bertz CT molecular complexity index is 404. The molecule has 0 saturated carbocycles. The number of rotatable bonds is 11. The Morgan fingerprint density at radius 3 is 2.14 bits per heavy atom. The second-order valence-electron chi connectivity index (χ2n) is 5.52. The molecular weight excluding hydrogens is 264 g/mol. The number of unbranched alkanes of at least 4 members (excludes halogenated alkanes) is 3. The van der Waals surface area contributed by atoms with Gasteiger partial charge in [0.05, 0.1) is 4.92 Å². The standard InChI is InChI=1S/C17H28N2O2/c1-3-5-7-14-18(4-2)15-8-6-9-16-10-12-17(13-11-16)19(20)21/h10-13H,3-9,14-15H2,1-2H3.